The summed E-state index contributed by atoms with van der Waals surface area (Å²) in [6.07, 6.45) is 7.47. The Balaban J connectivity index is 1.40. The minimum Gasteiger partial charge on any atom is -0.438 e. The van der Waals surface area contributed by atoms with Gasteiger partial charge in [-0.2, -0.15) is 0 Å². The maximum atomic E-state index is 13.9. The van der Waals surface area contributed by atoms with Crippen molar-refractivity contribution in [1.29, 1.82) is 0 Å². The van der Waals surface area contributed by atoms with Crippen molar-refractivity contribution in [2.45, 2.75) is 43.0 Å². The van der Waals surface area contributed by atoms with Gasteiger partial charge in [-0.25, -0.2) is 9.37 Å². The van der Waals surface area contributed by atoms with E-state index in [1.54, 1.807) is 17.8 Å². The number of halogens is 1. The predicted octanol–water partition coefficient (Wildman–Crippen LogP) is 4.26. The highest BCUT2D eigenvalue weighted by Crippen LogP contribution is 2.30. The Kier molecular flexibility index (Phi) is 6.75. The molecule has 1 aromatic carbocycles. The van der Waals surface area contributed by atoms with Crippen LogP contribution in [0.25, 0.3) is 0 Å². The van der Waals surface area contributed by atoms with Crippen LogP contribution < -0.4 is 10.1 Å². The van der Waals surface area contributed by atoms with Crippen LogP contribution in [-0.4, -0.2) is 47.1 Å². The Morgan fingerprint density at radius 2 is 1.97 bits per heavy atom. The molecule has 4 rings (SSSR count). The molecular weight excluding hydrogens is 417 g/mol. The number of carbonyl (C=O) groups is 2. The van der Waals surface area contributed by atoms with Crippen LogP contribution in [0.1, 0.15) is 42.5 Å². The van der Waals surface area contributed by atoms with E-state index in [9.17, 15) is 14.0 Å². The molecule has 2 fully saturated rings. The zero-order valence-electron chi connectivity index (χ0n) is 17.5. The molecule has 164 valence electrons. The third kappa shape index (κ3) is 5.18. The second kappa shape index (κ2) is 9.68. The third-order valence-electron chi connectivity index (χ3n) is 5.91. The summed E-state index contributed by atoms with van der Waals surface area (Å²) in [6.45, 7) is 1.26. The van der Waals surface area contributed by atoms with Gasteiger partial charge in [0.25, 0.3) is 5.91 Å². The molecule has 0 bridgehead atoms. The quantitative estimate of drug-likeness (QED) is 0.676. The number of hydrogen-bond donors (Lipinski definition) is 1. The normalized spacial score (nSPS) is 17.2. The number of nitrogens with one attached hydrogen (secondary N) is 1. The molecule has 31 heavy (non-hydrogen) atoms. The largest absolute Gasteiger partial charge is 0.438 e. The monoisotopic (exact) mass is 443 g/mol. The zero-order chi connectivity index (χ0) is 21.8. The van der Waals surface area contributed by atoms with Gasteiger partial charge in [0, 0.05) is 29.9 Å². The van der Waals surface area contributed by atoms with Crippen molar-refractivity contribution in [1.82, 2.24) is 15.2 Å². The van der Waals surface area contributed by atoms with E-state index in [-0.39, 0.29) is 29.3 Å². The lowest BCUT2D eigenvalue weighted by Gasteiger charge is -2.36. The SMILES string of the molecule is CSc1cccc(Oc2ncc(F)cc2C(=O)NC2CCN(C(=O)C3CCC3)CC2)c1. The van der Waals surface area contributed by atoms with E-state index >= 15 is 0 Å². The van der Waals surface area contributed by atoms with Gasteiger partial charge in [0.2, 0.25) is 11.8 Å². The zero-order valence-corrected chi connectivity index (χ0v) is 18.3. The summed E-state index contributed by atoms with van der Waals surface area (Å²) < 4.78 is 19.7. The highest BCUT2D eigenvalue weighted by Gasteiger charge is 2.32. The number of carbonyl (C=O) groups excluding carboxylic acids is 2. The maximum Gasteiger partial charge on any atom is 0.257 e. The number of aromatic nitrogens is 1. The molecule has 2 aliphatic rings. The van der Waals surface area contributed by atoms with E-state index in [0.29, 0.717) is 31.7 Å². The molecule has 1 aliphatic heterocycles. The van der Waals surface area contributed by atoms with Crippen LogP contribution in [0.15, 0.2) is 41.4 Å². The van der Waals surface area contributed by atoms with Gasteiger partial charge in [-0.05, 0) is 56.2 Å². The molecule has 1 saturated heterocycles. The number of likely N-dealkylation sites (tertiary alicyclic amines) is 1. The molecule has 2 amide bonds. The average Bonchev–Trinajstić information content (AvgIpc) is 2.74. The number of rotatable bonds is 6. The molecule has 1 aliphatic carbocycles. The molecule has 6 nitrogen and oxygen atoms in total. The lowest BCUT2D eigenvalue weighted by atomic mass is 9.84. The molecule has 2 aromatic rings. The number of benzene rings is 1. The topological polar surface area (TPSA) is 71.5 Å². The van der Waals surface area contributed by atoms with E-state index in [1.165, 1.54) is 0 Å². The van der Waals surface area contributed by atoms with Crippen molar-refractivity contribution in [2.75, 3.05) is 19.3 Å². The summed E-state index contributed by atoms with van der Waals surface area (Å²) in [5.41, 5.74) is 0.0579. The number of thioether (sulfide) groups is 1. The van der Waals surface area contributed by atoms with E-state index in [1.807, 2.05) is 29.4 Å². The van der Waals surface area contributed by atoms with E-state index in [2.05, 4.69) is 10.3 Å². The molecule has 0 spiro atoms. The number of hydrogen-bond acceptors (Lipinski definition) is 5. The standard InChI is InChI=1S/C23H26FN3O3S/c1-31-19-7-3-6-18(13-19)30-22-20(12-16(24)14-25-22)21(28)26-17-8-10-27(11-9-17)23(29)15-4-2-5-15/h3,6-7,12-15,17H,2,4-5,8-11H2,1H3,(H,26,28). The van der Waals surface area contributed by atoms with Crippen molar-refractivity contribution in [3.63, 3.8) is 0 Å². The van der Waals surface area contributed by atoms with Crippen molar-refractivity contribution >= 4 is 23.6 Å². The van der Waals surface area contributed by atoms with Crippen LogP contribution in [0.5, 0.6) is 11.6 Å². The first kappa shape index (κ1) is 21.6. The fourth-order valence-corrected chi connectivity index (χ4v) is 4.32. The fraction of sp³-hybridized carbons (Fsp3) is 0.435. The second-order valence-electron chi connectivity index (χ2n) is 7.99. The summed E-state index contributed by atoms with van der Waals surface area (Å²) in [5.74, 6) is 0.00276. The fourth-order valence-electron chi connectivity index (χ4n) is 3.87. The molecular formula is C23H26FN3O3S. The summed E-state index contributed by atoms with van der Waals surface area (Å²) in [7, 11) is 0. The minimum atomic E-state index is -0.601. The van der Waals surface area contributed by atoms with Gasteiger partial charge in [-0.3, -0.25) is 9.59 Å². The van der Waals surface area contributed by atoms with Crippen LogP contribution in [0.3, 0.4) is 0 Å². The Hall–Kier alpha value is -2.61. The number of nitrogens with zero attached hydrogens (tertiary/aromatic N) is 2. The molecule has 0 unspecified atom stereocenters. The number of amides is 2. The Bertz CT molecular complexity index is 959. The third-order valence-corrected chi connectivity index (χ3v) is 6.64. The molecule has 8 heteroatoms. The summed E-state index contributed by atoms with van der Waals surface area (Å²) in [5, 5.41) is 2.96. The molecule has 1 aromatic heterocycles. The number of piperidine rings is 1. The Morgan fingerprint density at radius 1 is 1.19 bits per heavy atom. The van der Waals surface area contributed by atoms with Crippen molar-refractivity contribution in [3.8, 4) is 11.6 Å². The first-order valence-electron chi connectivity index (χ1n) is 10.6. The van der Waals surface area contributed by atoms with E-state index < -0.39 is 11.7 Å². The summed E-state index contributed by atoms with van der Waals surface area (Å²) in [6, 6.07) is 8.47. The number of ether oxygens (including phenoxy) is 1. The van der Waals surface area contributed by atoms with Gasteiger partial charge in [-0.15, -0.1) is 11.8 Å². The van der Waals surface area contributed by atoms with Crippen LogP contribution in [0.4, 0.5) is 4.39 Å². The molecule has 2 heterocycles. The highest BCUT2D eigenvalue weighted by atomic mass is 32.2. The summed E-state index contributed by atoms with van der Waals surface area (Å²) in [4.78, 5) is 32.2. The van der Waals surface area contributed by atoms with Gasteiger partial charge >= 0.3 is 0 Å². The van der Waals surface area contributed by atoms with Crippen LogP contribution in [0.2, 0.25) is 0 Å². The molecule has 0 atom stereocenters. The Labute approximate surface area is 185 Å². The molecule has 0 radical (unpaired) electrons. The van der Waals surface area contributed by atoms with E-state index in [0.717, 1.165) is 36.4 Å². The maximum absolute atomic E-state index is 13.9. The second-order valence-corrected chi connectivity index (χ2v) is 8.87. The first-order chi connectivity index (χ1) is 15.0. The average molecular weight is 444 g/mol. The molecule has 1 N–H and O–H groups in total. The van der Waals surface area contributed by atoms with Crippen LogP contribution >= 0.6 is 11.8 Å². The van der Waals surface area contributed by atoms with Crippen molar-refractivity contribution in [2.24, 2.45) is 5.92 Å². The van der Waals surface area contributed by atoms with Gasteiger partial charge in [0.1, 0.15) is 17.1 Å². The summed E-state index contributed by atoms with van der Waals surface area (Å²) >= 11 is 1.57. The minimum absolute atomic E-state index is 0.0579. The van der Waals surface area contributed by atoms with Gasteiger partial charge in [-0.1, -0.05) is 12.5 Å². The highest BCUT2D eigenvalue weighted by molar-refractivity contribution is 7.98. The lowest BCUT2D eigenvalue weighted by Crippen LogP contribution is -2.48. The lowest BCUT2D eigenvalue weighted by molar-refractivity contribution is -0.139. The smallest absolute Gasteiger partial charge is 0.257 e. The Morgan fingerprint density at radius 3 is 2.65 bits per heavy atom. The van der Waals surface area contributed by atoms with Crippen molar-refractivity contribution in [3.05, 3.63) is 47.9 Å². The van der Waals surface area contributed by atoms with Gasteiger partial charge in [0.05, 0.1) is 6.20 Å². The van der Waals surface area contributed by atoms with Crippen molar-refractivity contribution < 1.29 is 18.7 Å². The predicted molar refractivity (Wildman–Crippen MR) is 117 cm³/mol. The first-order valence-corrected chi connectivity index (χ1v) is 11.8. The van der Waals surface area contributed by atoms with Gasteiger partial charge < -0.3 is 15.0 Å². The van der Waals surface area contributed by atoms with Crippen LogP contribution in [0, 0.1) is 11.7 Å². The molecule has 1 saturated carbocycles. The van der Waals surface area contributed by atoms with Gasteiger partial charge in [0.15, 0.2) is 0 Å². The van der Waals surface area contributed by atoms with E-state index in [4.69, 9.17) is 4.74 Å². The number of pyridine rings is 1. The van der Waals surface area contributed by atoms with Crippen LogP contribution in [-0.2, 0) is 4.79 Å².